The van der Waals surface area contributed by atoms with Crippen molar-refractivity contribution in [3.05, 3.63) is 65.7 Å². The minimum atomic E-state index is -0.352. The SMILES string of the molecule is CSc1ccc(NC(=O)N2CCC3(C=C(c4ccc(C(C)(C)C)cc4)NO3)CC2)cc1. The molecule has 0 unspecified atom stereocenters. The van der Waals surface area contributed by atoms with Crippen LogP contribution in [0.25, 0.3) is 5.70 Å². The summed E-state index contributed by atoms with van der Waals surface area (Å²) >= 11 is 1.69. The summed E-state index contributed by atoms with van der Waals surface area (Å²) in [6, 6.07) is 16.5. The molecule has 1 spiro atoms. The van der Waals surface area contributed by atoms with Gasteiger partial charge in [-0.25, -0.2) is 4.79 Å². The highest BCUT2D eigenvalue weighted by Gasteiger charge is 2.40. The van der Waals surface area contributed by atoms with Crippen molar-refractivity contribution in [1.82, 2.24) is 10.4 Å². The number of nitrogens with zero attached hydrogens (tertiary/aromatic N) is 1. The second-order valence-electron chi connectivity index (χ2n) is 9.30. The average Bonchev–Trinajstić information content (AvgIpc) is 3.17. The summed E-state index contributed by atoms with van der Waals surface area (Å²) < 4.78 is 0. The summed E-state index contributed by atoms with van der Waals surface area (Å²) in [5.74, 6) is 0. The molecule has 2 heterocycles. The van der Waals surface area contributed by atoms with Gasteiger partial charge in [0.1, 0.15) is 5.60 Å². The third-order valence-electron chi connectivity index (χ3n) is 6.07. The van der Waals surface area contributed by atoms with E-state index in [0.717, 1.165) is 29.8 Å². The standard InChI is InChI=1S/C25H31N3O2S/c1-24(2,3)19-7-5-18(6-8-19)22-17-25(30-27-22)13-15-28(16-14-25)23(29)26-20-9-11-21(31-4)12-10-20/h5-12,17,27H,13-16H2,1-4H3,(H,26,29). The van der Waals surface area contributed by atoms with E-state index in [2.05, 4.69) is 61.9 Å². The first kappa shape index (κ1) is 21.8. The zero-order valence-electron chi connectivity index (χ0n) is 18.7. The van der Waals surface area contributed by atoms with Crippen molar-refractivity contribution in [2.75, 3.05) is 24.7 Å². The Hall–Kier alpha value is -2.44. The molecule has 2 N–H and O–H groups in total. The number of anilines is 1. The molecular weight excluding hydrogens is 406 g/mol. The first-order chi connectivity index (χ1) is 14.8. The number of hydroxylamine groups is 1. The van der Waals surface area contributed by atoms with Gasteiger partial charge < -0.3 is 10.2 Å². The number of urea groups is 1. The van der Waals surface area contributed by atoms with E-state index < -0.39 is 0 Å². The van der Waals surface area contributed by atoms with Crippen molar-refractivity contribution in [2.24, 2.45) is 0 Å². The molecule has 5 nitrogen and oxygen atoms in total. The molecule has 4 rings (SSSR count). The molecule has 0 atom stereocenters. The van der Waals surface area contributed by atoms with E-state index in [1.807, 2.05) is 35.4 Å². The van der Waals surface area contributed by atoms with Crippen molar-refractivity contribution in [2.45, 2.75) is 49.5 Å². The van der Waals surface area contributed by atoms with E-state index in [1.54, 1.807) is 11.8 Å². The molecule has 2 aromatic carbocycles. The number of benzene rings is 2. The molecule has 0 saturated carbocycles. The highest BCUT2D eigenvalue weighted by Crippen LogP contribution is 2.35. The normalized spacial score (nSPS) is 17.9. The minimum absolute atomic E-state index is 0.0559. The molecule has 164 valence electrons. The van der Waals surface area contributed by atoms with E-state index in [-0.39, 0.29) is 17.0 Å². The van der Waals surface area contributed by atoms with Gasteiger partial charge in [0.05, 0.1) is 5.70 Å². The van der Waals surface area contributed by atoms with Crippen LogP contribution in [0.1, 0.15) is 44.7 Å². The van der Waals surface area contributed by atoms with Gasteiger partial charge in [0.2, 0.25) is 0 Å². The Morgan fingerprint density at radius 1 is 1.06 bits per heavy atom. The predicted octanol–water partition coefficient (Wildman–Crippen LogP) is 5.65. The Labute approximate surface area is 189 Å². The number of rotatable bonds is 3. The van der Waals surface area contributed by atoms with Gasteiger partial charge in [0.25, 0.3) is 0 Å². The van der Waals surface area contributed by atoms with Gasteiger partial charge in [0, 0.05) is 36.5 Å². The summed E-state index contributed by atoms with van der Waals surface area (Å²) in [5, 5.41) is 3.00. The molecule has 6 heteroatoms. The van der Waals surface area contributed by atoms with Crippen molar-refractivity contribution in [3.63, 3.8) is 0 Å². The Kier molecular flexibility index (Phi) is 6.04. The minimum Gasteiger partial charge on any atom is -0.324 e. The van der Waals surface area contributed by atoms with Crippen LogP contribution >= 0.6 is 11.8 Å². The molecule has 2 aliphatic heterocycles. The van der Waals surface area contributed by atoms with Gasteiger partial charge in [-0.2, -0.15) is 0 Å². The van der Waals surface area contributed by atoms with Crippen LogP contribution in [0.5, 0.6) is 0 Å². The number of carbonyl (C=O) groups is 1. The number of hydrogen-bond acceptors (Lipinski definition) is 4. The number of amides is 2. The highest BCUT2D eigenvalue weighted by molar-refractivity contribution is 7.98. The molecule has 2 aliphatic rings. The lowest BCUT2D eigenvalue weighted by atomic mass is 9.86. The monoisotopic (exact) mass is 437 g/mol. The predicted molar refractivity (Wildman–Crippen MR) is 128 cm³/mol. The van der Waals surface area contributed by atoms with Gasteiger partial charge in [-0.05, 0) is 53.1 Å². The smallest absolute Gasteiger partial charge is 0.321 e. The molecule has 0 radical (unpaired) electrons. The first-order valence-corrected chi connectivity index (χ1v) is 12.0. The maximum Gasteiger partial charge on any atom is 0.321 e. The zero-order valence-corrected chi connectivity index (χ0v) is 19.5. The van der Waals surface area contributed by atoms with E-state index in [9.17, 15) is 4.79 Å². The average molecular weight is 438 g/mol. The largest absolute Gasteiger partial charge is 0.324 e. The zero-order chi connectivity index (χ0) is 22.1. The number of nitrogens with one attached hydrogen (secondary N) is 2. The summed E-state index contributed by atoms with van der Waals surface area (Å²) in [5.41, 5.74) is 7.18. The molecule has 2 aromatic rings. The van der Waals surface area contributed by atoms with E-state index in [1.165, 1.54) is 10.5 Å². The van der Waals surface area contributed by atoms with Crippen LogP contribution in [0.2, 0.25) is 0 Å². The molecule has 2 amide bonds. The molecular formula is C25H31N3O2S. The van der Waals surface area contributed by atoms with Crippen LogP contribution in [0.3, 0.4) is 0 Å². The second-order valence-corrected chi connectivity index (χ2v) is 10.2. The fourth-order valence-electron chi connectivity index (χ4n) is 3.98. The highest BCUT2D eigenvalue weighted by atomic mass is 32.2. The van der Waals surface area contributed by atoms with Crippen molar-refractivity contribution >= 4 is 29.2 Å². The lowest BCUT2D eigenvalue weighted by Crippen LogP contribution is -2.48. The van der Waals surface area contributed by atoms with Gasteiger partial charge in [-0.15, -0.1) is 11.8 Å². The van der Waals surface area contributed by atoms with E-state index >= 15 is 0 Å². The summed E-state index contributed by atoms with van der Waals surface area (Å²) in [4.78, 5) is 21.7. The lowest BCUT2D eigenvalue weighted by molar-refractivity contribution is -0.0634. The summed E-state index contributed by atoms with van der Waals surface area (Å²) in [6.07, 6.45) is 5.76. The molecule has 31 heavy (non-hydrogen) atoms. The third kappa shape index (κ3) is 4.91. The van der Waals surface area contributed by atoms with Crippen molar-refractivity contribution < 1.29 is 9.63 Å². The second kappa shape index (κ2) is 8.60. The molecule has 1 fully saturated rings. The lowest BCUT2D eigenvalue weighted by Gasteiger charge is -2.36. The van der Waals surface area contributed by atoms with Crippen molar-refractivity contribution in [1.29, 1.82) is 0 Å². The molecule has 0 aliphatic carbocycles. The van der Waals surface area contributed by atoms with Crippen LogP contribution in [0, 0.1) is 0 Å². The van der Waals surface area contributed by atoms with Crippen LogP contribution in [0.4, 0.5) is 10.5 Å². The number of thioether (sulfide) groups is 1. The van der Waals surface area contributed by atoms with Crippen LogP contribution < -0.4 is 10.8 Å². The Bertz CT molecular complexity index is 954. The number of carbonyl (C=O) groups excluding carboxylic acids is 1. The van der Waals surface area contributed by atoms with Gasteiger partial charge in [-0.3, -0.25) is 10.3 Å². The number of hydrogen-bond donors (Lipinski definition) is 2. The van der Waals surface area contributed by atoms with Gasteiger partial charge >= 0.3 is 6.03 Å². The molecule has 1 saturated heterocycles. The topological polar surface area (TPSA) is 53.6 Å². The molecule has 0 bridgehead atoms. The van der Waals surface area contributed by atoms with E-state index in [0.29, 0.717) is 13.1 Å². The Morgan fingerprint density at radius 2 is 1.71 bits per heavy atom. The van der Waals surface area contributed by atoms with E-state index in [4.69, 9.17) is 4.84 Å². The van der Waals surface area contributed by atoms with Gasteiger partial charge in [-0.1, -0.05) is 45.0 Å². The fourth-order valence-corrected chi connectivity index (χ4v) is 4.39. The maximum absolute atomic E-state index is 12.7. The van der Waals surface area contributed by atoms with Crippen LogP contribution in [-0.2, 0) is 10.3 Å². The summed E-state index contributed by atoms with van der Waals surface area (Å²) in [6.45, 7) is 7.97. The van der Waals surface area contributed by atoms with Crippen LogP contribution in [-0.4, -0.2) is 35.9 Å². The van der Waals surface area contributed by atoms with Crippen molar-refractivity contribution in [3.8, 4) is 0 Å². The third-order valence-corrected chi connectivity index (χ3v) is 6.82. The number of piperidine rings is 1. The fraction of sp³-hybridized carbons (Fsp3) is 0.400. The Morgan fingerprint density at radius 3 is 2.29 bits per heavy atom. The Balaban J connectivity index is 1.36. The summed E-state index contributed by atoms with van der Waals surface area (Å²) in [7, 11) is 0. The molecule has 0 aromatic heterocycles. The van der Waals surface area contributed by atoms with Gasteiger partial charge in [0.15, 0.2) is 0 Å². The number of likely N-dealkylation sites (tertiary alicyclic amines) is 1. The maximum atomic E-state index is 12.7. The van der Waals surface area contributed by atoms with Crippen LogP contribution in [0.15, 0.2) is 59.5 Å². The first-order valence-electron chi connectivity index (χ1n) is 10.8. The quantitative estimate of drug-likeness (QED) is 0.610.